The number of sulfonamides is 1. The second kappa shape index (κ2) is 10.5. The molecule has 0 aliphatic rings. The first-order chi connectivity index (χ1) is 15.7. The van der Waals surface area contributed by atoms with Gasteiger partial charge in [-0.05, 0) is 56.9 Å². The maximum atomic E-state index is 13.1. The van der Waals surface area contributed by atoms with E-state index in [-0.39, 0.29) is 28.2 Å². The van der Waals surface area contributed by atoms with Gasteiger partial charge in [-0.15, -0.1) is 0 Å². The number of ether oxygens (including phenoxy) is 1. The van der Waals surface area contributed by atoms with Gasteiger partial charge in [-0.1, -0.05) is 48.0 Å². The van der Waals surface area contributed by atoms with Gasteiger partial charge in [0.1, 0.15) is 10.6 Å². The zero-order chi connectivity index (χ0) is 24.0. The van der Waals surface area contributed by atoms with Gasteiger partial charge >= 0.3 is 0 Å². The van der Waals surface area contributed by atoms with E-state index in [1.807, 2.05) is 68.4 Å². The van der Waals surface area contributed by atoms with Crippen LogP contribution in [0.15, 0.2) is 77.7 Å². The molecule has 1 atom stereocenters. The van der Waals surface area contributed by atoms with E-state index >= 15 is 0 Å². The maximum absolute atomic E-state index is 13.1. The van der Waals surface area contributed by atoms with E-state index in [1.54, 1.807) is 18.2 Å². The first-order valence-electron chi connectivity index (χ1n) is 10.5. The molecule has 2 N–H and O–H groups in total. The van der Waals surface area contributed by atoms with Crippen molar-refractivity contribution in [2.24, 2.45) is 0 Å². The first-order valence-corrected chi connectivity index (χ1v) is 12.0. The fourth-order valence-corrected chi connectivity index (χ4v) is 4.68. The molecule has 0 fully saturated rings. The Kier molecular flexibility index (Phi) is 7.73. The monoisotopic (exact) mass is 467 g/mol. The quantitative estimate of drug-likeness (QED) is 0.499. The van der Waals surface area contributed by atoms with Crippen molar-refractivity contribution in [2.75, 3.05) is 32.5 Å². The van der Waals surface area contributed by atoms with Crippen LogP contribution >= 0.6 is 0 Å². The molecule has 0 radical (unpaired) electrons. The smallest absolute Gasteiger partial charge is 0.265 e. The highest BCUT2D eigenvalue weighted by atomic mass is 32.2. The summed E-state index contributed by atoms with van der Waals surface area (Å²) >= 11 is 0. The highest BCUT2D eigenvalue weighted by molar-refractivity contribution is 7.92. The number of methoxy groups -OCH3 is 1. The molecule has 7 nitrogen and oxygen atoms in total. The molecule has 0 spiro atoms. The van der Waals surface area contributed by atoms with Crippen LogP contribution in [0.2, 0.25) is 0 Å². The molecule has 0 aliphatic heterocycles. The van der Waals surface area contributed by atoms with E-state index in [0.717, 1.165) is 11.1 Å². The van der Waals surface area contributed by atoms with Gasteiger partial charge < -0.3 is 15.0 Å². The molecular formula is C25H29N3O4S. The molecule has 3 rings (SSSR count). The van der Waals surface area contributed by atoms with E-state index in [2.05, 4.69) is 10.0 Å². The van der Waals surface area contributed by atoms with E-state index in [1.165, 1.54) is 19.2 Å². The Hall–Kier alpha value is -3.36. The zero-order valence-electron chi connectivity index (χ0n) is 19.2. The summed E-state index contributed by atoms with van der Waals surface area (Å²) in [6, 6.07) is 21.2. The van der Waals surface area contributed by atoms with Crippen LogP contribution in [0.5, 0.6) is 5.75 Å². The molecule has 0 aromatic heterocycles. The fourth-order valence-electron chi connectivity index (χ4n) is 3.42. The summed E-state index contributed by atoms with van der Waals surface area (Å²) in [5.74, 6) is -0.214. The standard InChI is InChI=1S/C25H29N3O4S/c1-18-10-13-21(14-11-18)27-33(30,31)24-16-20(12-15-23(24)32-4)25(29)26-17-22(28(2)3)19-8-6-5-7-9-19/h5-16,22,27H,17H2,1-4H3,(H,26,29). The summed E-state index contributed by atoms with van der Waals surface area (Å²) in [5.41, 5.74) is 2.74. The van der Waals surface area contributed by atoms with Crippen molar-refractivity contribution in [1.82, 2.24) is 10.2 Å². The minimum Gasteiger partial charge on any atom is -0.495 e. The molecule has 0 saturated heterocycles. The molecule has 0 saturated carbocycles. The minimum absolute atomic E-state index is 0.0280. The van der Waals surface area contributed by atoms with E-state index in [9.17, 15) is 13.2 Å². The van der Waals surface area contributed by atoms with Gasteiger partial charge in [0.15, 0.2) is 0 Å². The summed E-state index contributed by atoms with van der Waals surface area (Å²) < 4.78 is 33.9. The Morgan fingerprint density at radius 3 is 2.27 bits per heavy atom. The number of likely N-dealkylation sites (N-methyl/N-ethyl adjacent to an activating group) is 1. The van der Waals surface area contributed by atoms with Crippen molar-refractivity contribution in [3.05, 3.63) is 89.5 Å². The number of anilines is 1. The topological polar surface area (TPSA) is 87.7 Å². The third-order valence-electron chi connectivity index (χ3n) is 5.28. The average molecular weight is 468 g/mol. The van der Waals surface area contributed by atoms with Crippen LogP contribution in [-0.4, -0.2) is 47.0 Å². The van der Waals surface area contributed by atoms with Crippen LogP contribution in [0.1, 0.15) is 27.5 Å². The molecule has 3 aromatic carbocycles. The first kappa shape index (κ1) is 24.3. The van der Waals surface area contributed by atoms with Crippen LogP contribution in [0, 0.1) is 6.92 Å². The van der Waals surface area contributed by atoms with E-state index < -0.39 is 10.0 Å². The number of nitrogens with one attached hydrogen (secondary N) is 2. The van der Waals surface area contributed by atoms with Gasteiger partial charge in [-0.3, -0.25) is 9.52 Å². The van der Waals surface area contributed by atoms with Crippen LogP contribution in [-0.2, 0) is 10.0 Å². The lowest BCUT2D eigenvalue weighted by Crippen LogP contribution is -2.34. The number of hydrogen-bond donors (Lipinski definition) is 2. The summed E-state index contributed by atoms with van der Waals surface area (Å²) in [4.78, 5) is 14.8. The van der Waals surface area contributed by atoms with Gasteiger partial charge in [0.05, 0.1) is 13.2 Å². The molecule has 3 aromatic rings. The van der Waals surface area contributed by atoms with Gasteiger partial charge in [0.25, 0.3) is 15.9 Å². The molecule has 1 unspecified atom stereocenters. The van der Waals surface area contributed by atoms with Crippen LogP contribution in [0.4, 0.5) is 5.69 Å². The normalized spacial score (nSPS) is 12.3. The lowest BCUT2D eigenvalue weighted by molar-refractivity contribution is 0.0941. The van der Waals surface area contributed by atoms with Crippen molar-refractivity contribution in [3.8, 4) is 5.75 Å². The Morgan fingerprint density at radius 1 is 1.00 bits per heavy atom. The number of aryl methyl sites for hydroxylation is 1. The largest absolute Gasteiger partial charge is 0.495 e. The maximum Gasteiger partial charge on any atom is 0.265 e. The molecule has 0 bridgehead atoms. The fraction of sp³-hybridized carbons (Fsp3) is 0.240. The van der Waals surface area contributed by atoms with Gasteiger partial charge in [-0.2, -0.15) is 0 Å². The van der Waals surface area contributed by atoms with Crippen molar-refractivity contribution in [3.63, 3.8) is 0 Å². The molecule has 8 heteroatoms. The highest BCUT2D eigenvalue weighted by Gasteiger charge is 2.23. The molecule has 1 amide bonds. The Morgan fingerprint density at radius 2 is 1.67 bits per heavy atom. The van der Waals surface area contributed by atoms with Crippen LogP contribution in [0.25, 0.3) is 0 Å². The molecule has 174 valence electrons. The SMILES string of the molecule is COc1ccc(C(=O)NCC(c2ccccc2)N(C)C)cc1S(=O)(=O)Nc1ccc(C)cc1. The minimum atomic E-state index is -3.98. The van der Waals surface area contributed by atoms with Crippen molar-refractivity contribution < 1.29 is 17.9 Å². The summed E-state index contributed by atoms with van der Waals surface area (Å²) in [6.45, 7) is 2.29. The highest BCUT2D eigenvalue weighted by Crippen LogP contribution is 2.27. The van der Waals surface area contributed by atoms with Crippen LogP contribution < -0.4 is 14.8 Å². The van der Waals surface area contributed by atoms with Crippen molar-refractivity contribution in [1.29, 1.82) is 0 Å². The Bertz CT molecular complexity index is 1190. The average Bonchev–Trinajstić information content (AvgIpc) is 2.80. The van der Waals surface area contributed by atoms with Crippen molar-refractivity contribution in [2.45, 2.75) is 17.9 Å². The molecule has 0 heterocycles. The summed E-state index contributed by atoms with van der Waals surface area (Å²) in [6.07, 6.45) is 0. The number of carbonyl (C=O) groups is 1. The third kappa shape index (κ3) is 6.12. The van der Waals surface area contributed by atoms with Crippen molar-refractivity contribution >= 4 is 21.6 Å². The van der Waals surface area contributed by atoms with E-state index in [4.69, 9.17) is 4.74 Å². The molecular weight excluding hydrogens is 438 g/mol. The lowest BCUT2D eigenvalue weighted by atomic mass is 10.1. The third-order valence-corrected chi connectivity index (χ3v) is 6.69. The van der Waals surface area contributed by atoms with E-state index in [0.29, 0.717) is 12.2 Å². The Balaban J connectivity index is 1.82. The number of hydrogen-bond acceptors (Lipinski definition) is 5. The molecule has 33 heavy (non-hydrogen) atoms. The number of carbonyl (C=O) groups excluding carboxylic acids is 1. The van der Waals surface area contributed by atoms with Gasteiger partial charge in [0, 0.05) is 17.8 Å². The number of nitrogens with zero attached hydrogens (tertiary/aromatic N) is 1. The number of amides is 1. The summed E-state index contributed by atoms with van der Waals surface area (Å²) in [7, 11) is 1.30. The predicted octanol–water partition coefficient (Wildman–Crippen LogP) is 3.84. The summed E-state index contributed by atoms with van der Waals surface area (Å²) in [5, 5.41) is 2.91. The van der Waals surface area contributed by atoms with Gasteiger partial charge in [-0.25, -0.2) is 8.42 Å². The second-order valence-electron chi connectivity index (χ2n) is 7.94. The van der Waals surface area contributed by atoms with Gasteiger partial charge in [0.2, 0.25) is 0 Å². The van der Waals surface area contributed by atoms with Crippen LogP contribution in [0.3, 0.4) is 0 Å². The lowest BCUT2D eigenvalue weighted by Gasteiger charge is -2.25. The number of rotatable bonds is 9. The number of benzene rings is 3. The molecule has 0 aliphatic carbocycles. The predicted molar refractivity (Wildman–Crippen MR) is 130 cm³/mol. The zero-order valence-corrected chi connectivity index (χ0v) is 20.0. The second-order valence-corrected chi connectivity index (χ2v) is 9.59. The Labute approximate surface area is 195 Å².